The van der Waals surface area contributed by atoms with Crippen molar-refractivity contribution in [3.8, 4) is 0 Å². The highest BCUT2D eigenvalue weighted by Crippen LogP contribution is 2.59. The van der Waals surface area contributed by atoms with Crippen LogP contribution in [-0.4, -0.2) is 18.5 Å². The van der Waals surface area contributed by atoms with Gasteiger partial charge in [-0.2, -0.15) is 0 Å². The van der Waals surface area contributed by atoms with E-state index in [1.165, 1.54) is 0 Å². The standard InChI is InChI=1S/C20H22O5/c1-12-14(9-15(25-17(12)21)13-5-8-23-10-13)20(3)7-4-6-19(2)11-24-18(22)16(19)20/h4-6,8,10,14-16H,1,7,9,11H2,2-3H3/t14-,15-,16-,19+,20+/m0/s1. The number of hydrogen-bond donors (Lipinski definition) is 0. The first-order chi connectivity index (χ1) is 11.8. The van der Waals surface area contributed by atoms with Crippen LogP contribution in [0.3, 0.4) is 0 Å². The Morgan fingerprint density at radius 3 is 2.80 bits per heavy atom. The molecule has 0 N–H and O–H groups in total. The van der Waals surface area contributed by atoms with Gasteiger partial charge in [-0.3, -0.25) is 4.79 Å². The largest absolute Gasteiger partial charge is 0.472 e. The molecule has 1 aromatic rings. The molecule has 1 aliphatic carbocycles. The van der Waals surface area contributed by atoms with Gasteiger partial charge in [0.25, 0.3) is 0 Å². The van der Waals surface area contributed by atoms with Crippen LogP contribution >= 0.6 is 0 Å². The van der Waals surface area contributed by atoms with Crippen LogP contribution in [0.1, 0.15) is 38.4 Å². The average molecular weight is 342 g/mol. The first kappa shape index (κ1) is 16.2. The number of esters is 2. The number of hydrogen-bond acceptors (Lipinski definition) is 5. The van der Waals surface area contributed by atoms with Crippen molar-refractivity contribution in [2.75, 3.05) is 6.61 Å². The molecule has 0 radical (unpaired) electrons. The van der Waals surface area contributed by atoms with Gasteiger partial charge in [0.1, 0.15) is 12.7 Å². The van der Waals surface area contributed by atoms with Gasteiger partial charge in [-0.1, -0.05) is 32.6 Å². The molecule has 0 spiro atoms. The van der Waals surface area contributed by atoms with Crippen LogP contribution < -0.4 is 0 Å². The zero-order valence-electron chi connectivity index (χ0n) is 14.5. The van der Waals surface area contributed by atoms with E-state index in [9.17, 15) is 9.59 Å². The molecule has 2 fully saturated rings. The van der Waals surface area contributed by atoms with Crippen LogP contribution in [0.4, 0.5) is 0 Å². The molecule has 1 aromatic heterocycles. The molecule has 0 aromatic carbocycles. The predicted octanol–water partition coefficient (Wildman–Crippen LogP) is 3.59. The Hall–Kier alpha value is -2.30. The van der Waals surface area contributed by atoms with Gasteiger partial charge in [-0.05, 0) is 24.3 Å². The van der Waals surface area contributed by atoms with E-state index < -0.39 is 11.4 Å². The highest BCUT2D eigenvalue weighted by Gasteiger charge is 2.60. The van der Waals surface area contributed by atoms with Crippen LogP contribution in [0.25, 0.3) is 0 Å². The Balaban J connectivity index is 1.73. The summed E-state index contributed by atoms with van der Waals surface area (Å²) in [4.78, 5) is 25.0. The van der Waals surface area contributed by atoms with Gasteiger partial charge in [0, 0.05) is 22.5 Å². The van der Waals surface area contributed by atoms with Gasteiger partial charge >= 0.3 is 11.9 Å². The molecule has 0 amide bonds. The fourth-order valence-electron chi connectivity index (χ4n) is 4.95. The van der Waals surface area contributed by atoms with E-state index >= 15 is 0 Å². The van der Waals surface area contributed by atoms with Gasteiger partial charge in [-0.25, -0.2) is 4.79 Å². The van der Waals surface area contributed by atoms with Crippen LogP contribution in [0.15, 0.2) is 47.3 Å². The lowest BCUT2D eigenvalue weighted by Crippen LogP contribution is -2.49. The molecule has 5 atom stereocenters. The third kappa shape index (κ3) is 2.29. The molecule has 5 heteroatoms. The van der Waals surface area contributed by atoms with Crippen LogP contribution in [0.2, 0.25) is 0 Å². The third-order valence-corrected chi connectivity index (χ3v) is 6.23. The van der Waals surface area contributed by atoms with Gasteiger partial charge in [0.2, 0.25) is 0 Å². The minimum absolute atomic E-state index is 0.159. The fourth-order valence-corrected chi connectivity index (χ4v) is 4.95. The fraction of sp³-hybridized carbons (Fsp3) is 0.500. The second-order valence-corrected chi connectivity index (χ2v) is 7.92. The predicted molar refractivity (Wildman–Crippen MR) is 89.2 cm³/mol. The maximum atomic E-state index is 12.6. The van der Waals surface area contributed by atoms with Crippen LogP contribution in [0.5, 0.6) is 0 Å². The van der Waals surface area contributed by atoms with Gasteiger partial charge in [0.15, 0.2) is 0 Å². The second kappa shape index (κ2) is 5.35. The number of rotatable bonds is 2. The zero-order chi connectivity index (χ0) is 17.8. The molecule has 2 saturated heterocycles. The molecule has 25 heavy (non-hydrogen) atoms. The van der Waals surface area contributed by atoms with Crippen molar-refractivity contribution < 1.29 is 23.5 Å². The van der Waals surface area contributed by atoms with Gasteiger partial charge in [-0.15, -0.1) is 0 Å². The Morgan fingerprint density at radius 2 is 2.08 bits per heavy atom. The van der Waals surface area contributed by atoms with Crippen molar-refractivity contribution in [1.82, 2.24) is 0 Å². The molecule has 3 heterocycles. The maximum absolute atomic E-state index is 12.6. The highest BCUT2D eigenvalue weighted by molar-refractivity contribution is 5.90. The van der Waals surface area contributed by atoms with E-state index in [2.05, 4.69) is 25.7 Å². The number of allylic oxidation sites excluding steroid dienone is 1. The third-order valence-electron chi connectivity index (χ3n) is 6.23. The molecular formula is C20H22O5. The minimum Gasteiger partial charge on any atom is -0.472 e. The molecular weight excluding hydrogens is 320 g/mol. The maximum Gasteiger partial charge on any atom is 0.334 e. The molecule has 132 valence electrons. The Kier molecular flexibility index (Phi) is 3.46. The number of cyclic esters (lactones) is 2. The number of furan rings is 1. The monoisotopic (exact) mass is 342 g/mol. The van der Waals surface area contributed by atoms with Crippen molar-refractivity contribution in [1.29, 1.82) is 0 Å². The summed E-state index contributed by atoms with van der Waals surface area (Å²) >= 11 is 0. The molecule has 2 aliphatic heterocycles. The molecule has 3 aliphatic rings. The quantitative estimate of drug-likeness (QED) is 0.467. The summed E-state index contributed by atoms with van der Waals surface area (Å²) < 4.78 is 16.1. The second-order valence-electron chi connectivity index (χ2n) is 7.92. The summed E-state index contributed by atoms with van der Waals surface area (Å²) in [5.41, 5.74) is 0.504. The smallest absolute Gasteiger partial charge is 0.334 e. The topological polar surface area (TPSA) is 65.7 Å². The summed E-state index contributed by atoms with van der Waals surface area (Å²) in [5, 5.41) is 0. The van der Waals surface area contributed by atoms with Crippen molar-refractivity contribution in [3.05, 3.63) is 48.5 Å². The lowest BCUT2D eigenvalue weighted by atomic mass is 9.53. The summed E-state index contributed by atoms with van der Waals surface area (Å²) in [6.45, 7) is 8.51. The zero-order valence-corrected chi connectivity index (χ0v) is 14.5. The lowest BCUT2D eigenvalue weighted by Gasteiger charge is -2.49. The van der Waals surface area contributed by atoms with E-state index in [1.54, 1.807) is 18.6 Å². The van der Waals surface area contributed by atoms with E-state index in [4.69, 9.17) is 13.9 Å². The number of fused-ring (bicyclic) bond motifs is 1. The molecule has 5 nitrogen and oxygen atoms in total. The lowest BCUT2D eigenvalue weighted by molar-refractivity contribution is -0.157. The normalized spacial score (nSPS) is 40.6. The molecule has 4 rings (SSSR count). The van der Waals surface area contributed by atoms with E-state index in [0.717, 1.165) is 5.56 Å². The van der Waals surface area contributed by atoms with Gasteiger partial charge < -0.3 is 13.9 Å². The first-order valence-electron chi connectivity index (χ1n) is 8.61. The summed E-state index contributed by atoms with van der Waals surface area (Å²) in [5.74, 6) is -1.02. The molecule has 0 unspecified atom stereocenters. The van der Waals surface area contributed by atoms with Gasteiger partial charge in [0.05, 0.1) is 18.4 Å². The van der Waals surface area contributed by atoms with Crippen LogP contribution in [-0.2, 0) is 19.1 Å². The molecule has 0 bridgehead atoms. The Labute approximate surface area is 146 Å². The number of carbonyl (C=O) groups is 2. The Morgan fingerprint density at radius 1 is 1.28 bits per heavy atom. The SMILES string of the molecule is C=C1C(=O)O[C@H](c2ccoc2)C[C@@H]1[C@@]1(C)CC=C[C@]2(C)COC(=O)[C@H]12. The van der Waals surface area contributed by atoms with Crippen molar-refractivity contribution >= 4 is 11.9 Å². The highest BCUT2D eigenvalue weighted by atomic mass is 16.5. The van der Waals surface area contributed by atoms with E-state index in [-0.39, 0.29) is 29.3 Å². The Bertz CT molecular complexity index is 761. The summed E-state index contributed by atoms with van der Waals surface area (Å²) in [6, 6.07) is 1.81. The number of ether oxygens (including phenoxy) is 2. The average Bonchev–Trinajstić information content (AvgIpc) is 3.19. The summed E-state index contributed by atoms with van der Waals surface area (Å²) in [7, 11) is 0. The summed E-state index contributed by atoms with van der Waals surface area (Å²) in [6.07, 6.45) is 8.28. The van der Waals surface area contributed by atoms with E-state index in [0.29, 0.717) is 25.0 Å². The van der Waals surface area contributed by atoms with Crippen molar-refractivity contribution in [2.45, 2.75) is 32.8 Å². The van der Waals surface area contributed by atoms with E-state index in [1.807, 2.05) is 6.92 Å². The number of carbonyl (C=O) groups excluding carboxylic acids is 2. The first-order valence-corrected chi connectivity index (χ1v) is 8.61. The van der Waals surface area contributed by atoms with Crippen molar-refractivity contribution in [3.63, 3.8) is 0 Å². The minimum atomic E-state index is -0.435. The van der Waals surface area contributed by atoms with Crippen molar-refractivity contribution in [2.24, 2.45) is 22.7 Å². The molecule has 0 saturated carbocycles. The van der Waals surface area contributed by atoms with Crippen LogP contribution in [0, 0.1) is 22.7 Å².